The number of fused-ring (bicyclic) bond motifs is 5. The number of rotatable bonds is 1. The number of aryl methyl sites for hydroxylation is 5. The number of hydrogen-bond acceptors (Lipinski definition) is 2. The minimum atomic E-state index is -2.16. The normalized spacial score (nSPS) is 13.8. The molecular weight excluding hydrogens is 344 g/mol. The zero-order valence-corrected chi connectivity index (χ0v) is 16.4. The van der Waals surface area contributed by atoms with Crippen LogP contribution in [0, 0.1) is 27.6 Å². The minimum Gasteiger partial charge on any atom is -0.437 e. The molecule has 2 aromatic carbocycles. The van der Waals surface area contributed by atoms with Gasteiger partial charge >= 0.3 is 0 Å². The molecular formula is C25H23N2O+. The van der Waals surface area contributed by atoms with Gasteiger partial charge in [-0.05, 0) is 61.7 Å². The summed E-state index contributed by atoms with van der Waals surface area (Å²) in [6.45, 7) is 3.74. The smallest absolute Gasteiger partial charge is 0.227 e. The Labute approximate surface area is 168 Å². The van der Waals surface area contributed by atoms with Gasteiger partial charge in [0.05, 0.1) is 5.56 Å². The Morgan fingerprint density at radius 3 is 2.54 bits per heavy atom. The second-order valence-corrected chi connectivity index (χ2v) is 7.52. The van der Waals surface area contributed by atoms with Gasteiger partial charge < -0.3 is 4.42 Å². The largest absolute Gasteiger partial charge is 0.437 e. The Balaban J connectivity index is 1.97. The molecule has 0 radical (unpaired) electrons. The summed E-state index contributed by atoms with van der Waals surface area (Å²) < 4.78 is 31.8. The summed E-state index contributed by atoms with van der Waals surface area (Å²) in [4.78, 5) is 4.62. The van der Waals surface area contributed by atoms with Crippen LogP contribution in [0.2, 0.25) is 0 Å². The lowest BCUT2D eigenvalue weighted by molar-refractivity contribution is -0.660. The van der Waals surface area contributed by atoms with E-state index >= 15 is 0 Å². The first kappa shape index (κ1) is 13.9. The molecule has 0 saturated carbocycles. The summed E-state index contributed by atoms with van der Waals surface area (Å²) in [7, 11) is 1.88. The van der Waals surface area contributed by atoms with E-state index in [1.165, 1.54) is 0 Å². The number of nitrogens with zero attached hydrogens (tertiary/aromatic N) is 2. The van der Waals surface area contributed by atoms with Crippen molar-refractivity contribution in [3.8, 4) is 11.3 Å². The van der Waals surface area contributed by atoms with Crippen LogP contribution in [-0.2, 0) is 7.05 Å². The van der Waals surface area contributed by atoms with Crippen molar-refractivity contribution >= 4 is 32.8 Å². The topological polar surface area (TPSA) is 29.9 Å². The van der Waals surface area contributed by atoms with Crippen LogP contribution in [0.1, 0.15) is 26.5 Å². The molecule has 138 valence electrons. The molecule has 0 N–H and O–H groups in total. The van der Waals surface area contributed by atoms with Gasteiger partial charge in [-0.1, -0.05) is 24.3 Å². The van der Waals surface area contributed by atoms with E-state index in [-0.39, 0.29) is 0 Å². The Hall–Kier alpha value is -3.20. The molecule has 0 bridgehead atoms. The van der Waals surface area contributed by atoms with E-state index in [1.54, 1.807) is 6.20 Å². The summed E-state index contributed by atoms with van der Waals surface area (Å²) in [6, 6.07) is 14.3. The Morgan fingerprint density at radius 2 is 1.75 bits per heavy atom. The molecule has 0 saturated heterocycles. The molecule has 3 aromatic heterocycles. The van der Waals surface area contributed by atoms with Gasteiger partial charge in [0, 0.05) is 32.2 Å². The molecule has 0 aliphatic carbocycles. The number of aromatic nitrogens is 2. The summed E-state index contributed by atoms with van der Waals surface area (Å²) in [5.74, 6) is 0. The van der Waals surface area contributed by atoms with Gasteiger partial charge in [0.25, 0.3) is 0 Å². The maximum atomic E-state index is 7.85. The van der Waals surface area contributed by atoms with E-state index < -0.39 is 6.85 Å². The third kappa shape index (κ3) is 2.29. The zero-order chi connectivity index (χ0) is 22.1. The highest BCUT2D eigenvalue weighted by atomic mass is 16.3. The van der Waals surface area contributed by atoms with E-state index in [0.717, 1.165) is 55.2 Å². The molecule has 0 atom stereocenters. The van der Waals surface area contributed by atoms with E-state index in [1.807, 2.05) is 49.7 Å². The van der Waals surface area contributed by atoms with Crippen molar-refractivity contribution in [2.75, 3.05) is 0 Å². The van der Waals surface area contributed by atoms with Crippen molar-refractivity contribution < 1.29 is 13.1 Å². The van der Waals surface area contributed by atoms with E-state index in [0.29, 0.717) is 11.3 Å². The van der Waals surface area contributed by atoms with E-state index in [2.05, 4.69) is 30.1 Å². The van der Waals surface area contributed by atoms with E-state index in [4.69, 9.17) is 8.53 Å². The van der Waals surface area contributed by atoms with Gasteiger partial charge in [0.15, 0.2) is 11.8 Å². The van der Waals surface area contributed by atoms with E-state index in [9.17, 15) is 0 Å². The molecule has 0 amide bonds. The highest BCUT2D eigenvalue weighted by molar-refractivity contribution is 6.22. The highest BCUT2D eigenvalue weighted by Crippen LogP contribution is 2.42. The van der Waals surface area contributed by atoms with Crippen molar-refractivity contribution in [1.29, 1.82) is 0 Å². The van der Waals surface area contributed by atoms with Crippen molar-refractivity contribution in [3.05, 3.63) is 71.0 Å². The van der Waals surface area contributed by atoms with Gasteiger partial charge in [-0.15, -0.1) is 0 Å². The molecule has 0 spiro atoms. The first-order chi connectivity index (χ1) is 14.7. The molecule has 28 heavy (non-hydrogen) atoms. The first-order valence-electron chi connectivity index (χ1n) is 10.9. The predicted octanol–water partition coefficient (Wildman–Crippen LogP) is 5.86. The maximum Gasteiger partial charge on any atom is 0.227 e. The number of benzene rings is 2. The van der Waals surface area contributed by atoms with Crippen molar-refractivity contribution in [2.24, 2.45) is 7.05 Å². The number of hydrogen-bond donors (Lipinski definition) is 0. The quantitative estimate of drug-likeness (QED) is 0.346. The van der Waals surface area contributed by atoms with Gasteiger partial charge in [-0.3, -0.25) is 0 Å². The van der Waals surface area contributed by atoms with Crippen LogP contribution in [0.3, 0.4) is 0 Å². The molecule has 3 heterocycles. The van der Waals surface area contributed by atoms with Crippen molar-refractivity contribution in [3.63, 3.8) is 0 Å². The minimum absolute atomic E-state index is 0.357. The highest BCUT2D eigenvalue weighted by Gasteiger charge is 2.24. The third-order valence-electron chi connectivity index (χ3n) is 5.63. The van der Waals surface area contributed by atoms with Crippen LogP contribution >= 0.6 is 0 Å². The Morgan fingerprint density at radius 1 is 0.964 bits per heavy atom. The average molecular weight is 370 g/mol. The average Bonchev–Trinajstić information content (AvgIpc) is 3.07. The van der Waals surface area contributed by atoms with Crippen LogP contribution < -0.4 is 4.57 Å². The lowest BCUT2D eigenvalue weighted by Crippen LogP contribution is -2.31. The molecule has 0 aliphatic rings. The summed E-state index contributed by atoms with van der Waals surface area (Å²) in [6.07, 6.45) is 1.71. The monoisotopic (exact) mass is 370 g/mol. The molecule has 0 aliphatic heterocycles. The number of pyridine rings is 2. The SMILES string of the molecule is [2H]C([2H])([2H])c1c[n+](C)c(-c2c(C)c3ccccc3c3c2oc2nc(C)ccc23)cc1C. The molecule has 5 aromatic rings. The Bertz CT molecular complexity index is 1510. The third-order valence-corrected chi connectivity index (χ3v) is 5.63. The predicted molar refractivity (Wildman–Crippen MR) is 115 cm³/mol. The fourth-order valence-corrected chi connectivity index (χ4v) is 4.15. The lowest BCUT2D eigenvalue weighted by Gasteiger charge is -2.11. The number of furan rings is 1. The lowest BCUT2D eigenvalue weighted by atomic mass is 9.92. The molecule has 0 fully saturated rings. The fourth-order valence-electron chi connectivity index (χ4n) is 4.15. The molecule has 3 heteroatoms. The van der Waals surface area contributed by atoms with Crippen LogP contribution in [-0.4, -0.2) is 4.98 Å². The summed E-state index contributed by atoms with van der Waals surface area (Å²) in [5, 5.41) is 4.29. The first-order valence-corrected chi connectivity index (χ1v) is 9.39. The van der Waals surface area contributed by atoms with Crippen LogP contribution in [0.25, 0.3) is 44.1 Å². The standard InChI is InChI=1S/C25H23N2O/c1-14-12-21(27(5)13-15(14)2)22-17(4)18-8-6-7-9-19(18)23-20-11-10-16(3)26-25(20)28-24(22)23/h6-13H,1-5H3/q+1/i2D3. The van der Waals surface area contributed by atoms with Crippen molar-refractivity contribution in [1.82, 2.24) is 4.98 Å². The van der Waals surface area contributed by atoms with Crippen molar-refractivity contribution in [2.45, 2.75) is 27.6 Å². The van der Waals surface area contributed by atoms with Gasteiger partial charge in [0.2, 0.25) is 11.4 Å². The second kappa shape index (κ2) is 5.90. The van der Waals surface area contributed by atoms with Gasteiger partial charge in [0.1, 0.15) is 7.05 Å². The second-order valence-electron chi connectivity index (χ2n) is 7.52. The maximum absolute atomic E-state index is 7.85. The van der Waals surface area contributed by atoms with Gasteiger partial charge in [-0.2, -0.15) is 0 Å². The molecule has 5 rings (SSSR count). The Kier molecular flexibility index (Phi) is 2.93. The summed E-state index contributed by atoms with van der Waals surface area (Å²) in [5.41, 5.74) is 6.36. The van der Waals surface area contributed by atoms with Crippen LogP contribution in [0.15, 0.2) is 53.1 Å². The van der Waals surface area contributed by atoms with Crippen LogP contribution in [0.5, 0.6) is 0 Å². The zero-order valence-electron chi connectivity index (χ0n) is 19.4. The van der Waals surface area contributed by atoms with Gasteiger partial charge in [-0.25, -0.2) is 9.55 Å². The molecule has 0 unspecified atom stereocenters. The summed E-state index contributed by atoms with van der Waals surface area (Å²) >= 11 is 0. The molecule has 3 nitrogen and oxygen atoms in total. The van der Waals surface area contributed by atoms with Crippen LogP contribution in [0.4, 0.5) is 0 Å². The fraction of sp³-hybridized carbons (Fsp3) is 0.200.